The molecule has 0 spiro atoms. The highest BCUT2D eigenvalue weighted by Crippen LogP contribution is 2.36. The fraction of sp³-hybridized carbons (Fsp3) is 0.364. The number of amides is 1. The molecule has 3 rings (SSSR count). The summed E-state index contributed by atoms with van der Waals surface area (Å²) in [6, 6.07) is 8.16. The van der Waals surface area contributed by atoms with Crippen LogP contribution in [-0.2, 0) is 12.4 Å². The van der Waals surface area contributed by atoms with Crippen molar-refractivity contribution in [1.29, 1.82) is 5.26 Å². The van der Waals surface area contributed by atoms with Gasteiger partial charge in [-0.3, -0.25) is 4.79 Å². The van der Waals surface area contributed by atoms with Gasteiger partial charge in [0.1, 0.15) is 0 Å². The topological polar surface area (TPSA) is 47.3 Å². The Morgan fingerprint density at radius 1 is 0.938 bits per heavy atom. The summed E-state index contributed by atoms with van der Waals surface area (Å²) in [4.78, 5) is 16.1. The Kier molecular flexibility index (Phi) is 6.13. The van der Waals surface area contributed by atoms with Crippen molar-refractivity contribution >= 4 is 11.6 Å². The molecule has 0 N–H and O–H groups in total. The second kappa shape index (κ2) is 8.37. The molecule has 1 amide bonds. The van der Waals surface area contributed by atoms with E-state index >= 15 is 0 Å². The van der Waals surface area contributed by atoms with E-state index in [2.05, 4.69) is 0 Å². The van der Waals surface area contributed by atoms with Crippen LogP contribution in [0.3, 0.4) is 0 Å². The maximum Gasteiger partial charge on any atom is 0.417 e. The number of piperazine rings is 1. The lowest BCUT2D eigenvalue weighted by molar-refractivity contribution is -0.138. The van der Waals surface area contributed by atoms with Gasteiger partial charge in [-0.05, 0) is 56.3 Å². The Labute approximate surface area is 180 Å². The number of nitrogens with zero attached hydrogens (tertiary/aromatic N) is 3. The molecule has 0 aromatic heterocycles. The van der Waals surface area contributed by atoms with E-state index < -0.39 is 41.0 Å². The molecule has 0 aliphatic carbocycles. The third kappa shape index (κ3) is 4.66. The summed E-state index contributed by atoms with van der Waals surface area (Å²) in [5.41, 5.74) is -1.99. The Morgan fingerprint density at radius 2 is 1.56 bits per heavy atom. The Hall–Kier alpha value is -3.22. The van der Waals surface area contributed by atoms with Crippen molar-refractivity contribution in [1.82, 2.24) is 4.90 Å². The third-order valence-electron chi connectivity index (χ3n) is 5.47. The zero-order chi connectivity index (χ0) is 23.8. The molecule has 1 saturated heterocycles. The Balaban J connectivity index is 1.81. The molecule has 10 heteroatoms. The van der Waals surface area contributed by atoms with Gasteiger partial charge in [0.15, 0.2) is 0 Å². The predicted molar refractivity (Wildman–Crippen MR) is 105 cm³/mol. The molecular weight excluding hydrogens is 436 g/mol. The van der Waals surface area contributed by atoms with Crippen molar-refractivity contribution in [3.8, 4) is 6.07 Å². The normalized spacial score (nSPS) is 19.6. The van der Waals surface area contributed by atoms with Gasteiger partial charge in [0.25, 0.3) is 5.91 Å². The monoisotopic (exact) mass is 455 g/mol. The molecule has 0 bridgehead atoms. The molecule has 0 unspecified atom stereocenters. The molecule has 2 aromatic carbocycles. The molecule has 1 aliphatic heterocycles. The lowest BCUT2D eigenvalue weighted by atomic mass is 10.0. The van der Waals surface area contributed by atoms with Crippen LogP contribution >= 0.6 is 0 Å². The summed E-state index contributed by atoms with van der Waals surface area (Å²) in [5.74, 6) is -0.450. The lowest BCUT2D eigenvalue weighted by Gasteiger charge is -2.45. The summed E-state index contributed by atoms with van der Waals surface area (Å²) < 4.78 is 78.2. The first-order chi connectivity index (χ1) is 14.8. The van der Waals surface area contributed by atoms with Gasteiger partial charge in [-0.15, -0.1) is 0 Å². The quantitative estimate of drug-likeness (QED) is 0.575. The number of benzene rings is 2. The van der Waals surface area contributed by atoms with Gasteiger partial charge in [0.05, 0.1) is 22.8 Å². The van der Waals surface area contributed by atoms with Gasteiger partial charge in [-0.25, -0.2) is 0 Å². The Bertz CT molecular complexity index is 1040. The zero-order valence-corrected chi connectivity index (χ0v) is 17.1. The molecule has 1 fully saturated rings. The maximum atomic E-state index is 13.3. The number of halogens is 6. The number of alkyl halides is 6. The van der Waals surface area contributed by atoms with Crippen molar-refractivity contribution in [2.45, 2.75) is 38.3 Å². The first-order valence-corrected chi connectivity index (χ1v) is 9.69. The number of hydrogen-bond acceptors (Lipinski definition) is 3. The van der Waals surface area contributed by atoms with Crippen LogP contribution in [0.4, 0.5) is 32.0 Å². The number of carbonyl (C=O) groups is 1. The van der Waals surface area contributed by atoms with E-state index in [1.54, 1.807) is 24.8 Å². The number of hydrogen-bond donors (Lipinski definition) is 0. The molecule has 32 heavy (non-hydrogen) atoms. The fourth-order valence-corrected chi connectivity index (χ4v) is 3.78. The molecule has 1 heterocycles. The Morgan fingerprint density at radius 3 is 2.09 bits per heavy atom. The smallest absolute Gasteiger partial charge is 0.365 e. The van der Waals surface area contributed by atoms with Crippen molar-refractivity contribution in [3.05, 3.63) is 64.7 Å². The van der Waals surface area contributed by atoms with E-state index in [1.807, 2.05) is 0 Å². The fourth-order valence-electron chi connectivity index (χ4n) is 3.78. The van der Waals surface area contributed by atoms with Crippen LogP contribution in [0.5, 0.6) is 0 Å². The number of nitriles is 1. The average molecular weight is 455 g/mol. The third-order valence-corrected chi connectivity index (χ3v) is 5.47. The van der Waals surface area contributed by atoms with E-state index in [0.29, 0.717) is 0 Å². The molecule has 4 nitrogen and oxygen atoms in total. The minimum atomic E-state index is -4.68. The molecular formula is C22H19F6N3O. The standard InChI is InChI=1S/C22H19F6N3O/c1-13-12-31(20(32)15-3-6-17(7-4-15)21(23,24)25)14(2)11-30(13)18-8-5-16(10-29)19(9-18)22(26,27)28/h3-9,13-14H,11-12H2,1-2H3/t13-,14+/m0/s1. The first-order valence-electron chi connectivity index (χ1n) is 9.69. The van der Waals surface area contributed by atoms with Gasteiger partial charge in [-0.1, -0.05) is 0 Å². The van der Waals surface area contributed by atoms with Crippen molar-refractivity contribution in [2.75, 3.05) is 18.0 Å². The highest BCUT2D eigenvalue weighted by molar-refractivity contribution is 5.94. The lowest BCUT2D eigenvalue weighted by Crippen LogP contribution is -2.58. The van der Waals surface area contributed by atoms with Crippen LogP contribution in [0.2, 0.25) is 0 Å². The van der Waals surface area contributed by atoms with Gasteiger partial charge < -0.3 is 9.80 Å². The van der Waals surface area contributed by atoms with Crippen LogP contribution in [-0.4, -0.2) is 36.0 Å². The molecule has 2 atom stereocenters. The van der Waals surface area contributed by atoms with E-state index in [9.17, 15) is 31.1 Å². The van der Waals surface area contributed by atoms with Crippen molar-refractivity contribution in [2.24, 2.45) is 0 Å². The second-order valence-electron chi connectivity index (χ2n) is 7.72. The van der Waals surface area contributed by atoms with Crippen LogP contribution in [0, 0.1) is 11.3 Å². The molecule has 1 aliphatic rings. The molecule has 170 valence electrons. The van der Waals surface area contributed by atoms with Crippen molar-refractivity contribution in [3.63, 3.8) is 0 Å². The molecule has 0 radical (unpaired) electrons. The van der Waals surface area contributed by atoms with Crippen LogP contribution in [0.25, 0.3) is 0 Å². The van der Waals surface area contributed by atoms with E-state index in [-0.39, 0.29) is 30.4 Å². The maximum absolute atomic E-state index is 13.3. The van der Waals surface area contributed by atoms with E-state index in [1.165, 1.54) is 11.0 Å². The van der Waals surface area contributed by atoms with Crippen LogP contribution in [0.1, 0.15) is 40.9 Å². The largest absolute Gasteiger partial charge is 0.417 e. The SMILES string of the molecule is C[C@@H]1CN(c2ccc(C#N)c(C(F)(F)F)c2)[C@@H](C)CN1C(=O)c1ccc(C(F)(F)F)cc1. The first kappa shape index (κ1) is 23.4. The molecule has 2 aromatic rings. The summed E-state index contributed by atoms with van der Waals surface area (Å²) in [5, 5.41) is 8.97. The van der Waals surface area contributed by atoms with E-state index in [0.717, 1.165) is 36.4 Å². The van der Waals surface area contributed by atoms with Gasteiger partial charge in [0, 0.05) is 36.4 Å². The minimum absolute atomic E-state index is 0.100. The number of rotatable bonds is 2. The zero-order valence-electron chi connectivity index (χ0n) is 17.1. The summed E-state index contributed by atoms with van der Waals surface area (Å²) in [6.07, 6.45) is -9.19. The number of anilines is 1. The predicted octanol–water partition coefficient (Wildman–Crippen LogP) is 5.34. The molecule has 0 saturated carbocycles. The second-order valence-corrected chi connectivity index (χ2v) is 7.72. The van der Waals surface area contributed by atoms with E-state index in [4.69, 9.17) is 5.26 Å². The van der Waals surface area contributed by atoms with Crippen LogP contribution in [0.15, 0.2) is 42.5 Å². The number of carbonyl (C=O) groups excluding carboxylic acids is 1. The highest BCUT2D eigenvalue weighted by atomic mass is 19.4. The van der Waals surface area contributed by atoms with Gasteiger partial charge >= 0.3 is 12.4 Å². The van der Waals surface area contributed by atoms with Gasteiger partial charge in [0.2, 0.25) is 0 Å². The van der Waals surface area contributed by atoms with Crippen molar-refractivity contribution < 1.29 is 31.1 Å². The van der Waals surface area contributed by atoms with Gasteiger partial charge in [-0.2, -0.15) is 31.6 Å². The minimum Gasteiger partial charge on any atom is -0.365 e. The highest BCUT2D eigenvalue weighted by Gasteiger charge is 2.37. The summed E-state index contributed by atoms with van der Waals surface area (Å²) in [7, 11) is 0. The summed E-state index contributed by atoms with van der Waals surface area (Å²) >= 11 is 0. The van der Waals surface area contributed by atoms with Crippen LogP contribution < -0.4 is 4.90 Å². The summed E-state index contributed by atoms with van der Waals surface area (Å²) in [6.45, 7) is 3.85. The average Bonchev–Trinajstić information content (AvgIpc) is 2.73.